The van der Waals surface area contributed by atoms with Gasteiger partial charge in [-0.2, -0.15) is 0 Å². The van der Waals surface area contributed by atoms with E-state index in [-0.39, 0.29) is 22.1 Å². The van der Waals surface area contributed by atoms with Crippen LogP contribution in [0.2, 0.25) is 0 Å². The molecule has 2 atom stereocenters. The summed E-state index contributed by atoms with van der Waals surface area (Å²) in [6, 6.07) is 0. The van der Waals surface area contributed by atoms with E-state index in [0.29, 0.717) is 0 Å². The highest BCUT2D eigenvalue weighted by molar-refractivity contribution is 5.70. The number of hydrogen-bond acceptors (Lipinski definition) is 16. The number of quaternary nitrogens is 2. The molecule has 0 aliphatic carbocycles. The molecule has 0 aliphatic rings. The van der Waals surface area contributed by atoms with Gasteiger partial charge in [0.25, 0.3) is 20.3 Å². The lowest BCUT2D eigenvalue weighted by Gasteiger charge is -2.31. The van der Waals surface area contributed by atoms with E-state index in [4.69, 9.17) is 9.47 Å². The van der Waals surface area contributed by atoms with Crippen LogP contribution in [-0.2, 0) is 38.4 Å². The van der Waals surface area contributed by atoms with Crippen LogP contribution in [0.5, 0.6) is 0 Å². The molecule has 0 radical (unpaired) electrons. The maximum Gasteiger partial charge on any atom is 0.308 e. The van der Waals surface area contributed by atoms with Crippen LogP contribution in [0.1, 0.15) is 12.8 Å². The third kappa shape index (κ3) is 19.4. The second kappa shape index (κ2) is 16.1. The van der Waals surface area contributed by atoms with Crippen molar-refractivity contribution < 1.29 is 67.7 Å². The molecule has 0 N–H and O–H groups in total. The molecule has 0 saturated carbocycles. The van der Waals surface area contributed by atoms with Crippen LogP contribution in [0.25, 0.3) is 0 Å². The number of nitrogens with zero attached hydrogens (tertiary/aromatic N) is 6. The number of carbonyl (C=O) groups is 2. The Bertz CT molecular complexity index is 859. The van der Waals surface area contributed by atoms with Crippen LogP contribution in [-0.4, -0.2) is 135 Å². The van der Waals surface area contributed by atoms with Crippen molar-refractivity contribution in [2.45, 2.75) is 25.0 Å². The van der Waals surface area contributed by atoms with Crippen LogP contribution in [0.4, 0.5) is 0 Å². The zero-order valence-corrected chi connectivity index (χ0v) is 23.5. The minimum absolute atomic E-state index is 0.00558. The van der Waals surface area contributed by atoms with Gasteiger partial charge >= 0.3 is 11.9 Å². The Morgan fingerprint density at radius 2 is 0.927 bits per heavy atom. The van der Waals surface area contributed by atoms with E-state index in [2.05, 4.69) is 19.4 Å². The number of esters is 2. The molecule has 22 heteroatoms. The van der Waals surface area contributed by atoms with Crippen molar-refractivity contribution in [3.63, 3.8) is 0 Å². The molecule has 0 spiro atoms. The van der Waals surface area contributed by atoms with E-state index in [0.717, 1.165) is 0 Å². The lowest BCUT2D eigenvalue weighted by molar-refractivity contribution is -0.885. The van der Waals surface area contributed by atoms with Crippen LogP contribution in [0, 0.1) is 45.9 Å². The van der Waals surface area contributed by atoms with Gasteiger partial charge in [-0.25, -0.2) is 0 Å². The predicted octanol–water partition coefficient (Wildman–Crippen LogP) is -1.18. The minimum Gasteiger partial charge on any atom is -0.465 e. The first-order chi connectivity index (χ1) is 18.6. The second-order valence-corrected chi connectivity index (χ2v) is 11.1. The summed E-state index contributed by atoms with van der Waals surface area (Å²) >= 11 is 0. The highest BCUT2D eigenvalue weighted by Gasteiger charge is 2.38. The maximum atomic E-state index is 12.5. The van der Waals surface area contributed by atoms with Crippen LogP contribution in [0.3, 0.4) is 0 Å². The van der Waals surface area contributed by atoms with Crippen molar-refractivity contribution >= 4 is 11.9 Å². The van der Waals surface area contributed by atoms with Gasteiger partial charge in [-0.1, -0.05) is 0 Å². The van der Waals surface area contributed by atoms with Crippen molar-refractivity contribution in [3.8, 4) is 0 Å². The summed E-state index contributed by atoms with van der Waals surface area (Å²) in [5.74, 6) is -2.18. The standard InChI is InChI=1S/C19H36N6O16/c1-24(2,3)9-15(40-22(32)33)7-17(26)36-11-19(13-38-20(28)29,14-39-21(30)31)12-37-18(27)8-16(41-23(34)35)10-25(4,5)6/h15-16H,7-14H2,1-6H3/q+2. The molecule has 41 heavy (non-hydrogen) atoms. The normalized spacial score (nSPS) is 13.2. The molecule has 0 amide bonds. The zero-order chi connectivity index (χ0) is 32.0. The van der Waals surface area contributed by atoms with Gasteiger partial charge in [0.15, 0.2) is 12.2 Å². The Morgan fingerprint density at radius 1 is 0.610 bits per heavy atom. The van der Waals surface area contributed by atoms with Gasteiger partial charge in [-0.15, -0.1) is 40.5 Å². The van der Waals surface area contributed by atoms with Gasteiger partial charge in [0.1, 0.15) is 39.5 Å². The van der Waals surface area contributed by atoms with E-state index in [1.165, 1.54) is 0 Å². The van der Waals surface area contributed by atoms with E-state index in [1.807, 2.05) is 0 Å². The molecule has 0 heterocycles. The summed E-state index contributed by atoms with van der Waals surface area (Å²) in [6.45, 7) is -3.84. The predicted molar refractivity (Wildman–Crippen MR) is 129 cm³/mol. The van der Waals surface area contributed by atoms with Gasteiger partial charge in [0.05, 0.1) is 60.5 Å². The SMILES string of the molecule is C[N+](C)(C)CC(CC(=O)OCC(COC(=O)CC(C[N+](C)(C)C)O[N+](=O)[O-])(CO[N+](=O)[O-])CO[N+](=O)[O-])O[N+](=O)[O-]. The number of rotatable bonds is 22. The van der Waals surface area contributed by atoms with Gasteiger partial charge in [-0.05, 0) is 0 Å². The van der Waals surface area contributed by atoms with Crippen LogP contribution in [0.15, 0.2) is 0 Å². The van der Waals surface area contributed by atoms with E-state index in [9.17, 15) is 50.0 Å². The maximum absolute atomic E-state index is 12.5. The van der Waals surface area contributed by atoms with Gasteiger partial charge < -0.3 is 37.8 Å². The van der Waals surface area contributed by atoms with Gasteiger partial charge in [0, 0.05) is 0 Å². The van der Waals surface area contributed by atoms with Gasteiger partial charge in [0.2, 0.25) is 0 Å². The molecular formula is C19H36N6O16+2. The third-order valence-corrected chi connectivity index (χ3v) is 4.79. The minimum atomic E-state index is -2.02. The molecule has 0 saturated heterocycles. The quantitative estimate of drug-likeness (QED) is 0.0609. The molecule has 0 aliphatic heterocycles. The van der Waals surface area contributed by atoms with E-state index in [1.54, 1.807) is 42.3 Å². The number of likely N-dealkylation sites (N-methyl/N-ethyl adjacent to an activating group) is 2. The Morgan fingerprint density at radius 3 is 1.17 bits per heavy atom. The van der Waals surface area contributed by atoms with Crippen molar-refractivity contribution in [2.24, 2.45) is 5.41 Å². The van der Waals surface area contributed by atoms with E-state index >= 15 is 0 Å². The monoisotopic (exact) mass is 604 g/mol. The summed E-state index contributed by atoms with van der Waals surface area (Å²) in [7, 11) is 10.0. The second-order valence-electron chi connectivity index (χ2n) is 11.1. The van der Waals surface area contributed by atoms with Crippen LogP contribution < -0.4 is 0 Å². The highest BCUT2D eigenvalue weighted by Crippen LogP contribution is 2.22. The third-order valence-electron chi connectivity index (χ3n) is 4.79. The molecule has 22 nitrogen and oxygen atoms in total. The first-order valence-corrected chi connectivity index (χ1v) is 11.7. The molecular weight excluding hydrogens is 568 g/mol. The Kier molecular flexibility index (Phi) is 14.4. The van der Waals surface area contributed by atoms with Gasteiger partial charge in [-0.3, -0.25) is 9.59 Å². The Hall–Kier alpha value is -4.34. The topological polar surface area (TPSA) is 262 Å². The fraction of sp³-hybridized carbons (Fsp3) is 0.895. The number of hydrogen-bond donors (Lipinski definition) is 0. The lowest BCUT2D eigenvalue weighted by atomic mass is 9.92. The molecule has 0 aromatic heterocycles. The molecule has 0 aromatic rings. The largest absolute Gasteiger partial charge is 0.465 e. The molecule has 2 unspecified atom stereocenters. The first kappa shape index (κ1) is 36.7. The molecule has 0 rings (SSSR count). The Balaban J connectivity index is 5.78. The number of ether oxygens (including phenoxy) is 2. The molecule has 0 aromatic carbocycles. The van der Waals surface area contributed by atoms with Crippen molar-refractivity contribution in [3.05, 3.63) is 40.5 Å². The molecule has 236 valence electrons. The lowest BCUT2D eigenvalue weighted by Crippen LogP contribution is -2.46. The van der Waals surface area contributed by atoms with Crippen molar-refractivity contribution in [1.29, 1.82) is 0 Å². The van der Waals surface area contributed by atoms with E-state index < -0.39 is 89.2 Å². The highest BCUT2D eigenvalue weighted by atomic mass is 17.0. The average molecular weight is 605 g/mol. The van der Waals surface area contributed by atoms with Crippen molar-refractivity contribution in [1.82, 2.24) is 0 Å². The fourth-order valence-corrected chi connectivity index (χ4v) is 3.32. The summed E-state index contributed by atoms with van der Waals surface area (Å²) in [6.07, 6.45) is -3.81. The summed E-state index contributed by atoms with van der Waals surface area (Å²) in [4.78, 5) is 86.0. The molecule has 0 fully saturated rings. The summed E-state index contributed by atoms with van der Waals surface area (Å²) in [5, 5.41) is 38.6. The smallest absolute Gasteiger partial charge is 0.308 e. The van der Waals surface area contributed by atoms with Crippen molar-refractivity contribution in [2.75, 3.05) is 81.8 Å². The zero-order valence-electron chi connectivity index (χ0n) is 23.5. The number of carbonyl (C=O) groups excluding carboxylic acids is 2. The summed E-state index contributed by atoms with van der Waals surface area (Å²) in [5.41, 5.74) is -2.02. The fourth-order valence-electron chi connectivity index (χ4n) is 3.32. The first-order valence-electron chi connectivity index (χ1n) is 11.7. The summed E-state index contributed by atoms with van der Waals surface area (Å²) < 4.78 is 10.5. The molecule has 0 bridgehead atoms. The average Bonchev–Trinajstić information content (AvgIpc) is 2.74. The van der Waals surface area contributed by atoms with Crippen LogP contribution >= 0.6 is 0 Å². The Labute approximate surface area is 233 Å².